The van der Waals surface area contributed by atoms with Crippen LogP contribution in [-0.4, -0.2) is 43.0 Å². The molecule has 0 aromatic heterocycles. The summed E-state index contributed by atoms with van der Waals surface area (Å²) in [5, 5.41) is 6.62. The van der Waals surface area contributed by atoms with Gasteiger partial charge in [-0.3, -0.25) is 9.69 Å². The van der Waals surface area contributed by atoms with Crippen molar-refractivity contribution in [2.24, 2.45) is 5.41 Å². The second kappa shape index (κ2) is 6.19. The van der Waals surface area contributed by atoms with Gasteiger partial charge in [0.05, 0.1) is 6.04 Å². The highest BCUT2D eigenvalue weighted by Gasteiger charge is 2.43. The monoisotopic (exact) mass is 321 g/mol. The van der Waals surface area contributed by atoms with Gasteiger partial charge in [0.2, 0.25) is 5.91 Å². The molecule has 2 N–H and O–H groups in total. The summed E-state index contributed by atoms with van der Waals surface area (Å²) in [7, 11) is 0. The summed E-state index contributed by atoms with van der Waals surface area (Å²) in [6.07, 6.45) is 4.42. The Morgan fingerprint density at radius 1 is 1.23 bits per heavy atom. The van der Waals surface area contributed by atoms with Gasteiger partial charge in [-0.2, -0.15) is 0 Å². The number of amides is 1. The molecule has 2 unspecified atom stereocenters. The summed E-state index contributed by atoms with van der Waals surface area (Å²) in [6.45, 7) is 4.40. The van der Waals surface area contributed by atoms with E-state index in [1.54, 1.807) is 0 Å². The van der Waals surface area contributed by atoms with Crippen molar-refractivity contribution in [3.63, 3.8) is 0 Å². The number of para-hydroxylation sites is 1. The van der Waals surface area contributed by atoms with Crippen molar-refractivity contribution >= 4 is 24.0 Å². The molecule has 1 aromatic carbocycles. The first-order valence-electron chi connectivity index (χ1n) is 8.09. The van der Waals surface area contributed by atoms with E-state index >= 15 is 0 Å². The van der Waals surface area contributed by atoms with E-state index in [1.807, 2.05) is 12.1 Å². The highest BCUT2D eigenvalue weighted by Crippen LogP contribution is 2.38. The topological polar surface area (TPSA) is 44.4 Å². The number of fused-ring (bicyclic) bond motifs is 1. The van der Waals surface area contributed by atoms with Gasteiger partial charge in [0.15, 0.2) is 0 Å². The predicted octanol–water partition coefficient (Wildman–Crippen LogP) is 2.05. The zero-order chi connectivity index (χ0) is 14.3. The molecule has 1 amide bonds. The number of halogens is 1. The number of likely N-dealkylation sites (tertiary alicyclic amines) is 1. The number of anilines is 1. The molecule has 120 valence electrons. The standard InChI is InChI=1S/C17H23N3O.ClH/c21-16-15(6-5-13-3-1-2-4-14(13)19-16)20-10-8-17(12-20)7-9-18-11-17;/h1-4,15,18H,5-12H2,(H,19,21);1H. The van der Waals surface area contributed by atoms with Crippen LogP contribution >= 0.6 is 12.4 Å². The lowest BCUT2D eigenvalue weighted by atomic mass is 9.86. The van der Waals surface area contributed by atoms with Crippen LogP contribution in [0.4, 0.5) is 5.69 Å². The lowest BCUT2D eigenvalue weighted by Crippen LogP contribution is -2.43. The number of hydrogen-bond donors (Lipinski definition) is 2. The lowest BCUT2D eigenvalue weighted by molar-refractivity contribution is -0.121. The molecular formula is C17H24ClN3O. The first-order valence-corrected chi connectivity index (χ1v) is 8.09. The van der Waals surface area contributed by atoms with E-state index in [2.05, 4.69) is 27.7 Å². The molecule has 5 heteroatoms. The Kier molecular flexibility index (Phi) is 4.44. The minimum Gasteiger partial charge on any atom is -0.324 e. The van der Waals surface area contributed by atoms with Crippen molar-refractivity contribution in [2.75, 3.05) is 31.5 Å². The zero-order valence-corrected chi connectivity index (χ0v) is 13.6. The van der Waals surface area contributed by atoms with Crippen molar-refractivity contribution < 1.29 is 4.79 Å². The van der Waals surface area contributed by atoms with Crippen LogP contribution in [0.3, 0.4) is 0 Å². The predicted molar refractivity (Wildman–Crippen MR) is 90.5 cm³/mol. The normalized spacial score (nSPS) is 31.5. The molecule has 0 saturated carbocycles. The highest BCUT2D eigenvalue weighted by molar-refractivity contribution is 5.96. The van der Waals surface area contributed by atoms with E-state index in [4.69, 9.17) is 0 Å². The third-order valence-corrected chi connectivity index (χ3v) is 5.51. The molecule has 2 saturated heterocycles. The number of nitrogens with one attached hydrogen (secondary N) is 2. The van der Waals surface area contributed by atoms with E-state index in [-0.39, 0.29) is 24.4 Å². The molecule has 3 heterocycles. The van der Waals surface area contributed by atoms with Crippen molar-refractivity contribution in [2.45, 2.75) is 31.7 Å². The van der Waals surface area contributed by atoms with Gasteiger partial charge in [-0.15, -0.1) is 12.4 Å². The largest absolute Gasteiger partial charge is 0.324 e. The minimum atomic E-state index is 0. The molecule has 4 rings (SSSR count). The van der Waals surface area contributed by atoms with E-state index in [1.165, 1.54) is 18.4 Å². The van der Waals surface area contributed by atoms with Crippen LogP contribution in [0.15, 0.2) is 24.3 Å². The van der Waals surface area contributed by atoms with Crippen LogP contribution in [-0.2, 0) is 11.2 Å². The van der Waals surface area contributed by atoms with Gasteiger partial charge in [-0.05, 0) is 55.8 Å². The van der Waals surface area contributed by atoms with Gasteiger partial charge in [0, 0.05) is 18.8 Å². The summed E-state index contributed by atoms with van der Waals surface area (Å²) in [4.78, 5) is 15.0. The van der Waals surface area contributed by atoms with E-state index in [9.17, 15) is 4.79 Å². The summed E-state index contributed by atoms with van der Waals surface area (Å²) in [6, 6.07) is 8.23. The molecule has 1 aromatic rings. The molecular weight excluding hydrogens is 298 g/mol. The second-order valence-electron chi connectivity index (χ2n) is 6.85. The molecule has 2 atom stereocenters. The van der Waals surface area contributed by atoms with Crippen molar-refractivity contribution in [1.29, 1.82) is 0 Å². The minimum absolute atomic E-state index is 0. The molecule has 0 radical (unpaired) electrons. The third-order valence-electron chi connectivity index (χ3n) is 5.51. The first-order chi connectivity index (χ1) is 10.3. The number of aryl methyl sites for hydroxylation is 1. The second-order valence-corrected chi connectivity index (χ2v) is 6.85. The number of benzene rings is 1. The van der Waals surface area contributed by atoms with Crippen LogP contribution in [0.2, 0.25) is 0 Å². The van der Waals surface area contributed by atoms with Crippen molar-refractivity contribution in [1.82, 2.24) is 10.2 Å². The molecule has 3 aliphatic rings. The highest BCUT2D eigenvalue weighted by atomic mass is 35.5. The van der Waals surface area contributed by atoms with E-state index in [0.717, 1.165) is 44.7 Å². The summed E-state index contributed by atoms with van der Waals surface area (Å²) in [5.41, 5.74) is 2.70. The number of rotatable bonds is 1. The smallest absolute Gasteiger partial charge is 0.241 e. The maximum atomic E-state index is 12.6. The van der Waals surface area contributed by atoms with Crippen LogP contribution < -0.4 is 10.6 Å². The fourth-order valence-electron chi connectivity index (χ4n) is 4.23. The molecule has 4 nitrogen and oxygen atoms in total. The first kappa shape index (κ1) is 15.8. The van der Waals surface area contributed by atoms with Gasteiger partial charge >= 0.3 is 0 Å². The maximum Gasteiger partial charge on any atom is 0.241 e. The van der Waals surface area contributed by atoms with E-state index in [0.29, 0.717) is 5.41 Å². The summed E-state index contributed by atoms with van der Waals surface area (Å²) < 4.78 is 0. The zero-order valence-electron chi connectivity index (χ0n) is 12.8. The number of carbonyl (C=O) groups is 1. The fraction of sp³-hybridized carbons (Fsp3) is 0.588. The maximum absolute atomic E-state index is 12.6. The Labute approximate surface area is 138 Å². The molecule has 0 bridgehead atoms. The molecule has 2 fully saturated rings. The van der Waals surface area contributed by atoms with Crippen molar-refractivity contribution in [3.05, 3.63) is 29.8 Å². The number of carbonyl (C=O) groups excluding carboxylic acids is 1. The molecule has 1 spiro atoms. The van der Waals surface area contributed by atoms with Gasteiger partial charge in [-0.1, -0.05) is 18.2 Å². The molecule has 3 aliphatic heterocycles. The van der Waals surface area contributed by atoms with Gasteiger partial charge < -0.3 is 10.6 Å². The van der Waals surface area contributed by atoms with Crippen LogP contribution in [0, 0.1) is 5.41 Å². The summed E-state index contributed by atoms with van der Waals surface area (Å²) >= 11 is 0. The van der Waals surface area contributed by atoms with Crippen LogP contribution in [0.25, 0.3) is 0 Å². The Hall–Kier alpha value is -1.10. The van der Waals surface area contributed by atoms with E-state index < -0.39 is 0 Å². The lowest BCUT2D eigenvalue weighted by Gasteiger charge is -2.28. The number of nitrogens with zero attached hydrogens (tertiary/aromatic N) is 1. The quantitative estimate of drug-likeness (QED) is 0.832. The Morgan fingerprint density at radius 3 is 2.91 bits per heavy atom. The van der Waals surface area contributed by atoms with Crippen LogP contribution in [0.5, 0.6) is 0 Å². The summed E-state index contributed by atoms with van der Waals surface area (Å²) in [5.74, 6) is 0.183. The average molecular weight is 322 g/mol. The fourth-order valence-corrected chi connectivity index (χ4v) is 4.23. The Morgan fingerprint density at radius 2 is 2.09 bits per heavy atom. The van der Waals surface area contributed by atoms with Gasteiger partial charge in [0.25, 0.3) is 0 Å². The van der Waals surface area contributed by atoms with Gasteiger partial charge in [0.1, 0.15) is 0 Å². The molecule has 0 aliphatic carbocycles. The van der Waals surface area contributed by atoms with Crippen LogP contribution in [0.1, 0.15) is 24.8 Å². The average Bonchev–Trinajstić information content (AvgIpc) is 3.08. The van der Waals surface area contributed by atoms with Crippen molar-refractivity contribution in [3.8, 4) is 0 Å². The molecule has 22 heavy (non-hydrogen) atoms. The van der Waals surface area contributed by atoms with Gasteiger partial charge in [-0.25, -0.2) is 0 Å². The Bertz CT molecular complexity index is 557. The Balaban J connectivity index is 0.00000144. The SMILES string of the molecule is Cl.O=C1Nc2ccccc2CCC1N1CCC2(CCNC2)C1. The number of hydrogen-bond acceptors (Lipinski definition) is 3. The third kappa shape index (κ3) is 2.75.